The minimum absolute atomic E-state index is 0.0850. The SMILES string of the molecule is CC(C)(C)OC(=O)N1CC(CC(=O)O)(n2cnc([N+](=O)[O-])c2)C1. The highest BCUT2D eigenvalue weighted by Crippen LogP contribution is 2.34. The summed E-state index contributed by atoms with van der Waals surface area (Å²) in [7, 11) is 0. The van der Waals surface area contributed by atoms with Crippen molar-refractivity contribution in [1.29, 1.82) is 0 Å². The van der Waals surface area contributed by atoms with Gasteiger partial charge in [-0.1, -0.05) is 0 Å². The molecule has 0 aliphatic carbocycles. The Balaban J connectivity index is 2.16. The van der Waals surface area contributed by atoms with E-state index in [1.165, 1.54) is 22.0 Å². The van der Waals surface area contributed by atoms with E-state index in [-0.39, 0.29) is 25.3 Å². The fraction of sp³-hybridized carbons (Fsp3) is 0.615. The average Bonchev–Trinajstić information content (AvgIpc) is 2.80. The van der Waals surface area contributed by atoms with Crippen molar-refractivity contribution < 1.29 is 24.4 Å². The maximum Gasteiger partial charge on any atom is 0.410 e. The maximum atomic E-state index is 12.0. The summed E-state index contributed by atoms with van der Waals surface area (Å²) in [4.78, 5) is 38.2. The van der Waals surface area contributed by atoms with E-state index < -0.39 is 28.1 Å². The normalized spacial score (nSPS) is 16.6. The molecule has 10 heteroatoms. The predicted molar refractivity (Wildman–Crippen MR) is 76.9 cm³/mol. The predicted octanol–water partition coefficient (Wildman–Crippen LogP) is 1.21. The number of ether oxygens (including phenoxy) is 1. The number of likely N-dealkylation sites (tertiary alicyclic amines) is 1. The summed E-state index contributed by atoms with van der Waals surface area (Å²) in [6, 6.07) is 0. The zero-order chi connectivity index (χ0) is 17.4. The number of carboxylic acids is 1. The fourth-order valence-corrected chi connectivity index (χ4v) is 2.43. The number of imidazole rings is 1. The Bertz CT molecular complexity index is 641. The summed E-state index contributed by atoms with van der Waals surface area (Å²) in [5, 5.41) is 19.8. The summed E-state index contributed by atoms with van der Waals surface area (Å²) < 4.78 is 6.61. The van der Waals surface area contributed by atoms with E-state index in [0.717, 1.165) is 0 Å². The molecule has 0 radical (unpaired) electrons. The van der Waals surface area contributed by atoms with Gasteiger partial charge in [-0.3, -0.25) is 4.79 Å². The van der Waals surface area contributed by atoms with Crippen LogP contribution in [0.2, 0.25) is 0 Å². The molecule has 1 aliphatic rings. The topological polar surface area (TPSA) is 128 Å². The Morgan fingerprint density at radius 3 is 2.52 bits per heavy atom. The van der Waals surface area contributed by atoms with Crippen molar-refractivity contribution in [3.05, 3.63) is 22.6 Å². The minimum Gasteiger partial charge on any atom is -0.481 e. The Morgan fingerprint density at radius 2 is 2.09 bits per heavy atom. The van der Waals surface area contributed by atoms with E-state index in [1.54, 1.807) is 20.8 Å². The first-order chi connectivity index (χ1) is 10.5. The molecule has 1 saturated heterocycles. The molecule has 1 aliphatic heterocycles. The van der Waals surface area contributed by atoms with Crippen molar-refractivity contribution in [1.82, 2.24) is 14.5 Å². The third kappa shape index (κ3) is 3.58. The third-order valence-electron chi connectivity index (χ3n) is 3.41. The van der Waals surface area contributed by atoms with Gasteiger partial charge in [0.25, 0.3) is 0 Å². The highest BCUT2D eigenvalue weighted by Gasteiger charge is 2.50. The van der Waals surface area contributed by atoms with Gasteiger partial charge >= 0.3 is 17.9 Å². The lowest BCUT2D eigenvalue weighted by Crippen LogP contribution is -2.65. The molecule has 0 aromatic carbocycles. The lowest BCUT2D eigenvalue weighted by Gasteiger charge is -2.49. The molecule has 0 saturated carbocycles. The maximum absolute atomic E-state index is 12.0. The molecule has 1 aromatic heterocycles. The first-order valence-electron chi connectivity index (χ1n) is 6.91. The van der Waals surface area contributed by atoms with Crippen molar-refractivity contribution in [3.8, 4) is 0 Å². The number of carbonyl (C=O) groups is 2. The molecule has 2 rings (SSSR count). The lowest BCUT2D eigenvalue weighted by molar-refractivity contribution is -0.389. The van der Waals surface area contributed by atoms with Crippen LogP contribution in [-0.4, -0.2) is 55.2 Å². The molecule has 0 spiro atoms. The molecule has 0 atom stereocenters. The number of carbonyl (C=O) groups excluding carboxylic acids is 1. The van der Waals surface area contributed by atoms with Crippen molar-refractivity contribution in [3.63, 3.8) is 0 Å². The van der Waals surface area contributed by atoms with Gasteiger partial charge in [0.1, 0.15) is 11.8 Å². The van der Waals surface area contributed by atoms with E-state index >= 15 is 0 Å². The van der Waals surface area contributed by atoms with E-state index in [1.807, 2.05) is 0 Å². The Hall–Kier alpha value is -2.65. The van der Waals surface area contributed by atoms with Gasteiger partial charge < -0.3 is 29.4 Å². The number of nitro groups is 1. The van der Waals surface area contributed by atoms with E-state index in [9.17, 15) is 19.7 Å². The van der Waals surface area contributed by atoms with Crippen LogP contribution >= 0.6 is 0 Å². The molecule has 1 aromatic rings. The Kier molecular flexibility index (Phi) is 4.01. The van der Waals surface area contributed by atoms with Crippen LogP contribution in [0, 0.1) is 10.1 Å². The number of aromatic nitrogens is 2. The standard InChI is InChI=1S/C13H18N4O6/c1-12(2,3)23-11(20)15-6-13(7-15,4-10(18)19)16-5-9(14-8-16)17(21)22/h5,8H,4,6-7H2,1-3H3,(H,18,19). The van der Waals surface area contributed by atoms with Crippen molar-refractivity contribution >= 4 is 17.9 Å². The molecule has 126 valence electrons. The molecule has 0 bridgehead atoms. The molecule has 0 unspecified atom stereocenters. The van der Waals surface area contributed by atoms with E-state index in [2.05, 4.69) is 4.98 Å². The van der Waals surface area contributed by atoms with Crippen molar-refractivity contribution in [2.45, 2.75) is 38.3 Å². The zero-order valence-electron chi connectivity index (χ0n) is 13.1. The first-order valence-corrected chi connectivity index (χ1v) is 6.91. The zero-order valence-corrected chi connectivity index (χ0v) is 13.1. The number of hydrogen-bond donors (Lipinski definition) is 1. The number of amides is 1. The van der Waals surface area contributed by atoms with Crippen LogP contribution < -0.4 is 0 Å². The van der Waals surface area contributed by atoms with E-state index in [4.69, 9.17) is 9.84 Å². The van der Waals surface area contributed by atoms with Gasteiger partial charge in [-0.2, -0.15) is 0 Å². The van der Waals surface area contributed by atoms with Crippen LogP contribution in [0.3, 0.4) is 0 Å². The van der Waals surface area contributed by atoms with Crippen molar-refractivity contribution in [2.24, 2.45) is 0 Å². The molecular formula is C13H18N4O6. The number of nitrogens with zero attached hydrogens (tertiary/aromatic N) is 4. The van der Waals surface area contributed by atoms with Gasteiger partial charge in [0.05, 0.1) is 25.0 Å². The van der Waals surface area contributed by atoms with E-state index in [0.29, 0.717) is 0 Å². The van der Waals surface area contributed by atoms with Crippen LogP contribution in [0.5, 0.6) is 0 Å². The molecule has 1 amide bonds. The van der Waals surface area contributed by atoms with Crippen LogP contribution in [0.1, 0.15) is 27.2 Å². The van der Waals surface area contributed by atoms with Crippen LogP contribution in [0.25, 0.3) is 0 Å². The second-order valence-corrected chi connectivity index (χ2v) is 6.53. The molecule has 2 heterocycles. The molecule has 23 heavy (non-hydrogen) atoms. The van der Waals surface area contributed by atoms with Crippen LogP contribution in [0.15, 0.2) is 12.5 Å². The second kappa shape index (κ2) is 5.52. The highest BCUT2D eigenvalue weighted by atomic mass is 16.6. The Morgan fingerprint density at radius 1 is 1.48 bits per heavy atom. The fourth-order valence-electron chi connectivity index (χ4n) is 2.43. The first kappa shape index (κ1) is 16.7. The minimum atomic E-state index is -1.06. The highest BCUT2D eigenvalue weighted by molar-refractivity contribution is 5.72. The average molecular weight is 326 g/mol. The number of hydrogen-bond acceptors (Lipinski definition) is 6. The molecule has 1 fully saturated rings. The van der Waals surface area contributed by atoms with Crippen LogP contribution in [0.4, 0.5) is 10.6 Å². The summed E-state index contributed by atoms with van der Waals surface area (Å²) in [6.45, 7) is 5.36. The summed E-state index contributed by atoms with van der Waals surface area (Å²) in [6.07, 6.45) is 1.57. The summed E-state index contributed by atoms with van der Waals surface area (Å²) >= 11 is 0. The summed E-state index contributed by atoms with van der Waals surface area (Å²) in [5.41, 5.74) is -1.61. The van der Waals surface area contributed by atoms with Gasteiger partial charge in [-0.05, 0) is 30.7 Å². The third-order valence-corrected chi connectivity index (χ3v) is 3.41. The molecular weight excluding hydrogens is 308 g/mol. The van der Waals surface area contributed by atoms with Gasteiger partial charge in [0, 0.05) is 0 Å². The second-order valence-electron chi connectivity index (χ2n) is 6.53. The van der Waals surface area contributed by atoms with Crippen LogP contribution in [-0.2, 0) is 15.1 Å². The van der Waals surface area contributed by atoms with Gasteiger partial charge in [0.15, 0.2) is 0 Å². The lowest BCUT2D eigenvalue weighted by atomic mass is 9.86. The Labute approximate surface area is 131 Å². The largest absolute Gasteiger partial charge is 0.481 e. The smallest absolute Gasteiger partial charge is 0.410 e. The van der Waals surface area contributed by atoms with Gasteiger partial charge in [-0.25, -0.2) is 4.79 Å². The van der Waals surface area contributed by atoms with Gasteiger partial charge in [0.2, 0.25) is 6.33 Å². The number of carboxylic acid groups (broad SMARTS) is 1. The van der Waals surface area contributed by atoms with Crippen molar-refractivity contribution in [2.75, 3.05) is 13.1 Å². The number of aliphatic carboxylic acids is 1. The summed E-state index contributed by atoms with van der Waals surface area (Å²) in [5.74, 6) is -1.43. The monoisotopic (exact) mass is 326 g/mol. The number of rotatable bonds is 4. The molecule has 10 nitrogen and oxygen atoms in total. The van der Waals surface area contributed by atoms with Gasteiger partial charge in [-0.15, -0.1) is 0 Å². The molecule has 1 N–H and O–H groups in total. The quantitative estimate of drug-likeness (QED) is 0.650.